The zero-order valence-corrected chi connectivity index (χ0v) is 20.2. The van der Waals surface area contributed by atoms with Gasteiger partial charge in [0.25, 0.3) is 5.91 Å². The maximum atomic E-state index is 13.2. The highest BCUT2D eigenvalue weighted by molar-refractivity contribution is 6.35. The second kappa shape index (κ2) is 11.2. The third-order valence-corrected chi connectivity index (χ3v) is 5.70. The van der Waals surface area contributed by atoms with Gasteiger partial charge in [-0.3, -0.25) is 4.79 Å². The fraction of sp³-hybridized carbons (Fsp3) is 0.111. The fourth-order valence-electron chi connectivity index (χ4n) is 3.34. The Kier molecular flexibility index (Phi) is 7.85. The van der Waals surface area contributed by atoms with Crippen molar-refractivity contribution in [1.82, 2.24) is 5.43 Å². The second-order valence-electron chi connectivity index (χ2n) is 7.68. The topological polar surface area (TPSA) is 59.9 Å². The average Bonchev–Trinajstić information content (AvgIpc) is 2.85. The normalized spacial score (nSPS) is 12.0. The maximum Gasteiger partial charge on any atom is 0.280 e. The Bertz CT molecular complexity index is 1380. The summed E-state index contributed by atoms with van der Waals surface area (Å²) in [5, 5.41) is 6.80. The van der Waals surface area contributed by atoms with Crippen LogP contribution in [0, 0.1) is 5.82 Å². The predicted octanol–water partition coefficient (Wildman–Crippen LogP) is 6.78. The van der Waals surface area contributed by atoms with Gasteiger partial charge in [-0.05, 0) is 59.7 Å². The lowest BCUT2D eigenvalue weighted by atomic mass is 10.0. The molecule has 4 rings (SSSR count). The predicted molar refractivity (Wildman–Crippen MR) is 137 cm³/mol. The lowest BCUT2D eigenvalue weighted by Gasteiger charge is -2.14. The zero-order chi connectivity index (χ0) is 24.8. The fourth-order valence-corrected chi connectivity index (χ4v) is 3.80. The molecule has 0 spiro atoms. The van der Waals surface area contributed by atoms with Crippen LogP contribution in [0.5, 0.6) is 11.5 Å². The molecule has 1 N–H and O–H groups in total. The highest BCUT2D eigenvalue weighted by atomic mass is 35.5. The van der Waals surface area contributed by atoms with Crippen LogP contribution in [0.1, 0.15) is 18.1 Å². The van der Waals surface area contributed by atoms with E-state index in [0.29, 0.717) is 27.1 Å². The number of nitrogens with zero attached hydrogens (tertiary/aromatic N) is 1. The molecule has 0 fully saturated rings. The molecule has 0 aliphatic carbocycles. The Morgan fingerprint density at radius 3 is 2.54 bits per heavy atom. The van der Waals surface area contributed by atoms with Crippen LogP contribution in [0.3, 0.4) is 0 Å². The lowest BCUT2D eigenvalue weighted by Crippen LogP contribution is -2.33. The monoisotopic (exact) mass is 510 g/mol. The number of carbonyl (C=O) groups excluding carboxylic acids is 1. The standard InChI is InChI=1S/C27H21Cl2FN2O3/c1-17(35-26-13-9-20(28)14-24(26)29)27(33)32-31-15-23-22-5-3-2-4-19(22)8-12-25(23)34-16-18-6-10-21(30)11-7-18/h2-15,17H,16H2,1H3,(H,32,33)/b31-15+. The summed E-state index contributed by atoms with van der Waals surface area (Å²) in [7, 11) is 0. The van der Waals surface area contributed by atoms with Crippen LogP contribution in [0.2, 0.25) is 10.0 Å². The summed E-state index contributed by atoms with van der Waals surface area (Å²) in [6.45, 7) is 1.84. The number of halogens is 3. The SMILES string of the molecule is CC(Oc1ccc(Cl)cc1Cl)C(=O)N/N=C/c1c(OCc2ccc(F)cc2)ccc2ccccc12. The number of ether oxygens (including phenoxy) is 2. The van der Waals surface area contributed by atoms with E-state index in [9.17, 15) is 9.18 Å². The van der Waals surface area contributed by atoms with Crippen LogP contribution in [-0.4, -0.2) is 18.2 Å². The molecule has 0 aliphatic heterocycles. The van der Waals surface area contributed by atoms with Crippen molar-refractivity contribution >= 4 is 46.1 Å². The minimum absolute atomic E-state index is 0.249. The molecule has 0 bridgehead atoms. The third-order valence-electron chi connectivity index (χ3n) is 5.17. The molecule has 0 saturated carbocycles. The van der Waals surface area contributed by atoms with E-state index in [1.54, 1.807) is 31.2 Å². The number of hydrogen-bond donors (Lipinski definition) is 1. The summed E-state index contributed by atoms with van der Waals surface area (Å²) in [4.78, 5) is 12.5. The first-order valence-electron chi connectivity index (χ1n) is 10.7. The van der Waals surface area contributed by atoms with Gasteiger partial charge < -0.3 is 9.47 Å². The minimum atomic E-state index is -0.854. The molecular weight excluding hydrogens is 490 g/mol. The van der Waals surface area contributed by atoms with Gasteiger partial charge in [0.05, 0.1) is 11.2 Å². The van der Waals surface area contributed by atoms with Crippen LogP contribution in [0.15, 0.2) is 84.0 Å². The molecule has 1 unspecified atom stereocenters. The van der Waals surface area contributed by atoms with Gasteiger partial charge >= 0.3 is 0 Å². The summed E-state index contributed by atoms with van der Waals surface area (Å²) >= 11 is 12.0. The first-order chi connectivity index (χ1) is 16.9. The van der Waals surface area contributed by atoms with Crippen molar-refractivity contribution in [1.29, 1.82) is 0 Å². The summed E-state index contributed by atoms with van der Waals surface area (Å²) < 4.78 is 24.8. The molecule has 35 heavy (non-hydrogen) atoms. The van der Waals surface area contributed by atoms with Crippen LogP contribution >= 0.6 is 23.2 Å². The van der Waals surface area contributed by atoms with Gasteiger partial charge in [-0.1, -0.05) is 65.7 Å². The van der Waals surface area contributed by atoms with Crippen LogP contribution in [-0.2, 0) is 11.4 Å². The third kappa shape index (κ3) is 6.29. The van der Waals surface area contributed by atoms with Gasteiger partial charge in [0.1, 0.15) is 23.9 Å². The number of hydrazone groups is 1. The molecule has 1 amide bonds. The molecule has 0 heterocycles. The summed E-state index contributed by atoms with van der Waals surface area (Å²) in [5.41, 5.74) is 4.01. The van der Waals surface area contributed by atoms with E-state index in [2.05, 4.69) is 10.5 Å². The molecule has 0 aromatic heterocycles. The Balaban J connectivity index is 1.49. The molecule has 4 aromatic carbocycles. The van der Waals surface area contributed by atoms with Gasteiger partial charge in [0.2, 0.25) is 0 Å². The van der Waals surface area contributed by atoms with E-state index < -0.39 is 12.0 Å². The van der Waals surface area contributed by atoms with Crippen molar-refractivity contribution in [2.45, 2.75) is 19.6 Å². The number of nitrogens with one attached hydrogen (secondary N) is 1. The first kappa shape index (κ1) is 24.5. The average molecular weight is 511 g/mol. The van der Waals surface area contributed by atoms with Crippen molar-refractivity contribution in [2.24, 2.45) is 5.10 Å². The van der Waals surface area contributed by atoms with E-state index in [0.717, 1.165) is 16.3 Å². The van der Waals surface area contributed by atoms with E-state index in [1.807, 2.05) is 36.4 Å². The first-order valence-corrected chi connectivity index (χ1v) is 11.5. The smallest absolute Gasteiger partial charge is 0.280 e. The molecule has 0 saturated heterocycles. The number of benzene rings is 4. The number of carbonyl (C=O) groups is 1. The molecule has 5 nitrogen and oxygen atoms in total. The summed E-state index contributed by atoms with van der Waals surface area (Å²) in [5.74, 6) is 0.150. The molecule has 8 heteroatoms. The largest absolute Gasteiger partial charge is 0.488 e. The quantitative estimate of drug-likeness (QED) is 0.210. The van der Waals surface area contributed by atoms with Gasteiger partial charge in [-0.25, -0.2) is 9.82 Å². The van der Waals surface area contributed by atoms with Crippen molar-refractivity contribution in [3.05, 3.63) is 106 Å². The van der Waals surface area contributed by atoms with E-state index in [4.69, 9.17) is 32.7 Å². The number of amides is 1. The molecule has 4 aromatic rings. The molecule has 0 aliphatic rings. The molecular formula is C27H21Cl2FN2O3. The van der Waals surface area contributed by atoms with Gasteiger partial charge in [-0.15, -0.1) is 0 Å². The van der Waals surface area contributed by atoms with Gasteiger partial charge in [0, 0.05) is 10.6 Å². The Labute approximate surface area is 212 Å². The van der Waals surface area contributed by atoms with Gasteiger partial charge in [0.15, 0.2) is 6.10 Å². The zero-order valence-electron chi connectivity index (χ0n) is 18.7. The van der Waals surface area contributed by atoms with Crippen molar-refractivity contribution in [2.75, 3.05) is 0 Å². The lowest BCUT2D eigenvalue weighted by molar-refractivity contribution is -0.127. The van der Waals surface area contributed by atoms with E-state index in [1.165, 1.54) is 24.4 Å². The highest BCUT2D eigenvalue weighted by Crippen LogP contribution is 2.29. The van der Waals surface area contributed by atoms with Crippen LogP contribution < -0.4 is 14.9 Å². The maximum absolute atomic E-state index is 13.2. The number of rotatable bonds is 8. The van der Waals surface area contributed by atoms with E-state index in [-0.39, 0.29) is 12.4 Å². The number of fused-ring (bicyclic) bond motifs is 1. The minimum Gasteiger partial charge on any atom is -0.488 e. The van der Waals surface area contributed by atoms with Crippen LogP contribution in [0.25, 0.3) is 10.8 Å². The molecule has 1 atom stereocenters. The highest BCUT2D eigenvalue weighted by Gasteiger charge is 2.16. The van der Waals surface area contributed by atoms with Crippen molar-refractivity contribution in [3.63, 3.8) is 0 Å². The Morgan fingerprint density at radius 2 is 1.77 bits per heavy atom. The summed E-state index contributed by atoms with van der Waals surface area (Å²) in [6, 6.07) is 22.4. The summed E-state index contributed by atoms with van der Waals surface area (Å²) in [6.07, 6.45) is 0.676. The molecule has 0 radical (unpaired) electrons. The van der Waals surface area contributed by atoms with Crippen molar-refractivity contribution in [3.8, 4) is 11.5 Å². The second-order valence-corrected chi connectivity index (χ2v) is 8.53. The number of hydrogen-bond acceptors (Lipinski definition) is 4. The van der Waals surface area contributed by atoms with Crippen molar-refractivity contribution < 1.29 is 18.7 Å². The Morgan fingerprint density at radius 1 is 1.03 bits per heavy atom. The van der Waals surface area contributed by atoms with Gasteiger partial charge in [-0.2, -0.15) is 5.10 Å². The molecule has 178 valence electrons. The van der Waals surface area contributed by atoms with E-state index >= 15 is 0 Å². The Hall–Kier alpha value is -3.61. The van der Waals surface area contributed by atoms with Crippen LogP contribution in [0.4, 0.5) is 4.39 Å².